The Balaban J connectivity index is 1.15. The maximum Gasteiger partial charge on any atom is 0.0704 e. The number of aliphatic imine (C=N–C) groups is 3. The Bertz CT molecular complexity index is 2310. The Labute approximate surface area is 377 Å². The predicted molar refractivity (Wildman–Crippen MR) is 268 cm³/mol. The van der Waals surface area contributed by atoms with Crippen LogP contribution < -0.4 is 0 Å². The predicted octanol–water partition coefficient (Wildman–Crippen LogP) is 15.5. The second kappa shape index (κ2) is 17.4. The fraction of sp³-hybridized carbons (Fsp3) is 0.368. The molecule has 0 unspecified atom stereocenters. The van der Waals surface area contributed by atoms with Gasteiger partial charge in [-0.05, 0) is 125 Å². The molecule has 1 fully saturated rings. The van der Waals surface area contributed by atoms with Crippen molar-refractivity contribution < 1.29 is 0 Å². The molecule has 324 valence electrons. The van der Waals surface area contributed by atoms with Gasteiger partial charge >= 0.3 is 0 Å². The number of rotatable bonds is 9. The van der Waals surface area contributed by atoms with Gasteiger partial charge in [-0.2, -0.15) is 0 Å². The van der Waals surface area contributed by atoms with Crippen molar-refractivity contribution in [2.24, 2.45) is 31.2 Å². The second-order valence-corrected chi connectivity index (χ2v) is 21.9. The molecule has 0 saturated heterocycles. The monoisotopic (exact) mass is 835 g/mol. The van der Waals surface area contributed by atoms with Gasteiger partial charge in [0.15, 0.2) is 0 Å². The van der Waals surface area contributed by atoms with Gasteiger partial charge in [-0.15, -0.1) is 0 Å². The first kappa shape index (κ1) is 45.2. The van der Waals surface area contributed by atoms with Crippen molar-refractivity contribution in [1.82, 2.24) is 15.0 Å². The van der Waals surface area contributed by atoms with Gasteiger partial charge in [-0.3, -0.25) is 29.9 Å². The van der Waals surface area contributed by atoms with Crippen molar-refractivity contribution in [1.29, 1.82) is 0 Å². The summed E-state index contributed by atoms with van der Waals surface area (Å²) in [5, 5.41) is 0. The zero-order chi connectivity index (χ0) is 45.3. The summed E-state index contributed by atoms with van der Waals surface area (Å²) in [5.74, 6) is 0. The lowest BCUT2D eigenvalue weighted by Gasteiger charge is -2.49. The lowest BCUT2D eigenvalue weighted by atomic mass is 9.55. The first-order chi connectivity index (χ1) is 29.6. The molecular weight excluding hydrogens is 769 g/mol. The molecule has 6 heteroatoms. The summed E-state index contributed by atoms with van der Waals surface area (Å²) in [7, 11) is 0. The quantitative estimate of drug-likeness (QED) is 0.136. The topological polar surface area (TPSA) is 75.8 Å². The maximum atomic E-state index is 5.13. The summed E-state index contributed by atoms with van der Waals surface area (Å²) in [5.41, 5.74) is 12.2. The van der Waals surface area contributed by atoms with E-state index in [1.54, 1.807) is 0 Å². The largest absolute Gasteiger partial charge is 0.261 e. The molecule has 3 aromatic carbocycles. The standard InChI is InChI=1S/C57H66N6/c1-52(2,3)43-25-28-58-49(31-43)40-13-19-46(20-14-40)61-37-55(10)34-56(11,38-62-47-21-15-41(16-22-47)50-32-44(26-29-59-50)53(4,5)6)36-57(12,35-55)39-63-48-23-17-42(18-24-48)51-33-45(27-30-60-51)54(7,8)9/h13-33,37-39H,34-36H2,1-12H3/b61-37-,62-38-,63-39-. The summed E-state index contributed by atoms with van der Waals surface area (Å²) in [6.07, 6.45) is 15.0. The Kier molecular flexibility index (Phi) is 12.4. The minimum absolute atomic E-state index is 0.0543. The first-order valence-corrected chi connectivity index (χ1v) is 22.4. The van der Waals surface area contributed by atoms with Crippen LogP contribution in [0.1, 0.15) is 119 Å². The molecule has 0 radical (unpaired) electrons. The average Bonchev–Trinajstić information content (AvgIpc) is 3.24. The van der Waals surface area contributed by atoms with Crippen LogP contribution in [0, 0.1) is 16.2 Å². The van der Waals surface area contributed by atoms with Crippen LogP contribution in [0.4, 0.5) is 17.1 Å². The van der Waals surface area contributed by atoms with Gasteiger partial charge in [0.25, 0.3) is 0 Å². The summed E-state index contributed by atoms with van der Waals surface area (Å²) in [6.45, 7) is 27.1. The number of benzene rings is 3. The van der Waals surface area contributed by atoms with Crippen molar-refractivity contribution in [3.63, 3.8) is 0 Å². The molecule has 7 rings (SSSR count). The second-order valence-electron chi connectivity index (χ2n) is 21.9. The number of hydrogen-bond acceptors (Lipinski definition) is 6. The van der Waals surface area contributed by atoms with Gasteiger partial charge in [0.2, 0.25) is 0 Å². The summed E-state index contributed by atoms with van der Waals surface area (Å²) in [6, 6.07) is 38.3. The van der Waals surface area contributed by atoms with Crippen molar-refractivity contribution in [3.05, 3.63) is 144 Å². The molecule has 6 nitrogen and oxygen atoms in total. The van der Waals surface area contributed by atoms with E-state index in [-0.39, 0.29) is 32.5 Å². The zero-order valence-corrected chi connectivity index (χ0v) is 39.7. The van der Waals surface area contributed by atoms with Gasteiger partial charge in [-0.25, -0.2) is 0 Å². The van der Waals surface area contributed by atoms with Gasteiger partial charge in [-0.1, -0.05) is 119 Å². The molecule has 63 heavy (non-hydrogen) atoms. The highest BCUT2D eigenvalue weighted by atomic mass is 14.8. The van der Waals surface area contributed by atoms with Crippen molar-refractivity contribution >= 4 is 35.7 Å². The Morgan fingerprint density at radius 1 is 0.381 bits per heavy atom. The highest BCUT2D eigenvalue weighted by molar-refractivity contribution is 5.79. The Morgan fingerprint density at radius 3 is 0.841 bits per heavy atom. The summed E-state index contributed by atoms with van der Waals surface area (Å²) < 4.78 is 0. The zero-order valence-electron chi connectivity index (χ0n) is 39.7. The third-order valence-electron chi connectivity index (χ3n) is 12.4. The van der Waals surface area contributed by atoms with E-state index >= 15 is 0 Å². The van der Waals surface area contributed by atoms with Gasteiger partial charge in [0, 0.05) is 70.2 Å². The number of pyridine rings is 3. The van der Waals surface area contributed by atoms with Crippen LogP contribution in [0.2, 0.25) is 0 Å². The summed E-state index contributed by atoms with van der Waals surface area (Å²) >= 11 is 0. The number of hydrogen-bond donors (Lipinski definition) is 0. The van der Waals surface area contributed by atoms with Gasteiger partial charge in [0.1, 0.15) is 0 Å². The Morgan fingerprint density at radius 2 is 0.619 bits per heavy atom. The van der Waals surface area contributed by atoms with Gasteiger partial charge in [0.05, 0.1) is 34.1 Å². The average molecular weight is 835 g/mol. The molecule has 0 amide bonds. The first-order valence-electron chi connectivity index (χ1n) is 22.4. The van der Waals surface area contributed by atoms with Crippen LogP contribution in [-0.2, 0) is 16.2 Å². The lowest BCUT2D eigenvalue weighted by molar-refractivity contribution is 0.121. The molecule has 0 atom stereocenters. The van der Waals surface area contributed by atoms with E-state index in [2.05, 4.69) is 226 Å². The third-order valence-corrected chi connectivity index (χ3v) is 12.4. The van der Waals surface area contributed by atoms with Crippen molar-refractivity contribution in [2.75, 3.05) is 0 Å². The normalized spacial score (nSPS) is 21.1. The van der Waals surface area contributed by atoms with Crippen molar-refractivity contribution in [3.8, 4) is 33.8 Å². The molecule has 6 aromatic rings. The van der Waals surface area contributed by atoms with Crippen LogP contribution in [0.5, 0.6) is 0 Å². The van der Waals surface area contributed by atoms with Crippen LogP contribution in [0.25, 0.3) is 33.8 Å². The van der Waals surface area contributed by atoms with E-state index in [0.29, 0.717) is 0 Å². The van der Waals surface area contributed by atoms with Crippen molar-refractivity contribution in [2.45, 2.75) is 119 Å². The molecule has 0 N–H and O–H groups in total. The van der Waals surface area contributed by atoms with Crippen LogP contribution >= 0.6 is 0 Å². The highest BCUT2D eigenvalue weighted by Gasteiger charge is 2.47. The summed E-state index contributed by atoms with van der Waals surface area (Å²) in [4.78, 5) is 29.5. The van der Waals surface area contributed by atoms with E-state index in [9.17, 15) is 0 Å². The fourth-order valence-electron chi connectivity index (χ4n) is 9.24. The third kappa shape index (κ3) is 11.4. The molecule has 0 bridgehead atoms. The van der Waals surface area contributed by atoms with E-state index < -0.39 is 0 Å². The van der Waals surface area contributed by atoms with E-state index in [4.69, 9.17) is 15.0 Å². The fourth-order valence-corrected chi connectivity index (χ4v) is 9.24. The molecule has 3 aromatic heterocycles. The molecule has 1 aliphatic rings. The SMILES string of the molecule is CC1(/C=N\c2ccc(-c3cc(C(C)(C)C)ccn3)cc2)CC(C)(/C=N\c2ccc(-c3cc(C(C)(C)C)ccn3)cc2)CC(C)(/C=N\c2ccc(-c3cc(C(C)(C)C)ccn3)cc2)C1. The lowest BCUT2D eigenvalue weighted by Crippen LogP contribution is -2.44. The van der Waals surface area contributed by atoms with Crippen LogP contribution in [0.3, 0.4) is 0 Å². The number of nitrogens with zero attached hydrogens (tertiary/aromatic N) is 6. The Hall–Kier alpha value is -5.88. The smallest absolute Gasteiger partial charge is 0.0704 e. The minimum atomic E-state index is -0.234. The molecule has 0 spiro atoms. The molecule has 0 aliphatic heterocycles. The van der Waals surface area contributed by atoms with E-state index in [0.717, 1.165) is 70.1 Å². The van der Waals surface area contributed by atoms with E-state index in [1.807, 2.05) is 18.6 Å². The molecule has 1 aliphatic carbocycles. The molecule has 1 saturated carbocycles. The highest BCUT2D eigenvalue weighted by Crippen LogP contribution is 2.53. The number of aromatic nitrogens is 3. The molecule has 3 heterocycles. The van der Waals surface area contributed by atoms with Crippen LogP contribution in [-0.4, -0.2) is 33.6 Å². The van der Waals surface area contributed by atoms with Crippen LogP contribution in [0.15, 0.2) is 143 Å². The van der Waals surface area contributed by atoms with E-state index in [1.165, 1.54) is 16.7 Å². The molecular formula is C57H66N6. The minimum Gasteiger partial charge on any atom is -0.261 e. The maximum absolute atomic E-state index is 5.13. The van der Waals surface area contributed by atoms with Gasteiger partial charge < -0.3 is 0 Å².